The number of anilines is 1. The molecule has 3 N–H and O–H groups in total. The number of aromatic carboxylic acids is 1. The monoisotopic (exact) mass is 397 g/mol. The lowest BCUT2D eigenvalue weighted by Gasteiger charge is -2.07. The van der Waals surface area contributed by atoms with Crippen LogP contribution in [0.3, 0.4) is 0 Å². The first kappa shape index (κ1) is 16.6. The van der Waals surface area contributed by atoms with Crippen LogP contribution < -0.4 is 10.7 Å². The predicted octanol–water partition coefficient (Wildman–Crippen LogP) is 3.92. The summed E-state index contributed by atoms with van der Waals surface area (Å²) in [6.07, 6.45) is 0. The first-order valence-corrected chi connectivity index (χ1v) is 8.18. The molecule has 0 saturated heterocycles. The van der Waals surface area contributed by atoms with Crippen molar-refractivity contribution in [3.8, 4) is 0 Å². The van der Waals surface area contributed by atoms with Crippen molar-refractivity contribution in [3.05, 3.63) is 50.6 Å². The van der Waals surface area contributed by atoms with Gasteiger partial charge in [0.1, 0.15) is 4.88 Å². The van der Waals surface area contributed by atoms with E-state index in [1.54, 1.807) is 19.1 Å². The number of carboxylic acid groups (broad SMARTS) is 1. The summed E-state index contributed by atoms with van der Waals surface area (Å²) in [5.74, 6) is -0.941. The van der Waals surface area contributed by atoms with Crippen LogP contribution in [0.1, 0.15) is 21.5 Å². The number of hydrogen-bond acceptors (Lipinski definition) is 4. The number of carbonyl (C=O) groups is 1. The molecule has 0 atom stereocenters. The zero-order valence-electron chi connectivity index (χ0n) is 11.5. The average Bonchev–Trinajstić information content (AvgIpc) is 2.95. The van der Waals surface area contributed by atoms with E-state index < -0.39 is 5.97 Å². The first-order chi connectivity index (χ1) is 10.5. The highest BCUT2D eigenvalue weighted by Crippen LogP contribution is 2.17. The molecule has 2 rings (SSSR count). The van der Waals surface area contributed by atoms with E-state index in [-0.39, 0.29) is 4.88 Å². The van der Waals surface area contributed by atoms with Gasteiger partial charge in [-0.1, -0.05) is 22.0 Å². The average molecular weight is 398 g/mol. The van der Waals surface area contributed by atoms with Gasteiger partial charge in [0.25, 0.3) is 0 Å². The molecule has 22 heavy (non-hydrogen) atoms. The largest absolute Gasteiger partial charge is 0.477 e. The molecule has 1 heterocycles. The Labute approximate surface area is 145 Å². The molecule has 0 amide bonds. The molecule has 0 spiro atoms. The Balaban J connectivity index is 1.97. The third-order valence-electron chi connectivity index (χ3n) is 2.58. The summed E-state index contributed by atoms with van der Waals surface area (Å²) in [4.78, 5) is 11.9. The maximum Gasteiger partial charge on any atom is 0.345 e. The summed E-state index contributed by atoms with van der Waals surface area (Å²) in [5, 5.41) is 16.4. The number of nitrogens with one attached hydrogen (secondary N) is 2. The highest BCUT2D eigenvalue weighted by molar-refractivity contribution is 9.10. The second kappa shape index (κ2) is 7.48. The van der Waals surface area contributed by atoms with E-state index in [1.165, 1.54) is 11.3 Å². The minimum atomic E-state index is -0.941. The molecule has 2 aromatic rings. The summed E-state index contributed by atoms with van der Waals surface area (Å²) in [5.41, 5.74) is 4.24. The number of hydrazone groups is 1. The van der Waals surface area contributed by atoms with E-state index in [2.05, 4.69) is 31.8 Å². The van der Waals surface area contributed by atoms with Gasteiger partial charge in [0.2, 0.25) is 0 Å². The molecule has 1 aromatic heterocycles. The topological polar surface area (TPSA) is 73.7 Å². The zero-order valence-corrected chi connectivity index (χ0v) is 14.7. The Morgan fingerprint density at radius 1 is 1.32 bits per heavy atom. The van der Waals surface area contributed by atoms with E-state index in [0.29, 0.717) is 10.8 Å². The number of benzene rings is 1. The summed E-state index contributed by atoms with van der Waals surface area (Å²) in [6.45, 7) is 1.78. The number of halogens is 1. The molecular weight excluding hydrogens is 386 g/mol. The second-order valence-corrected chi connectivity index (χ2v) is 6.65. The molecule has 0 bridgehead atoms. The van der Waals surface area contributed by atoms with Crippen molar-refractivity contribution in [2.75, 3.05) is 5.32 Å². The molecular formula is C14H12BrN3O2S2. The van der Waals surface area contributed by atoms with Crippen molar-refractivity contribution in [3.63, 3.8) is 0 Å². The lowest BCUT2D eigenvalue weighted by molar-refractivity contribution is 0.0702. The number of hydrogen-bond donors (Lipinski definition) is 3. The number of rotatable bonds is 4. The minimum absolute atomic E-state index is 0.277. The van der Waals surface area contributed by atoms with Gasteiger partial charge in [-0.15, -0.1) is 11.3 Å². The number of thiocarbonyl (C=S) groups is 1. The molecule has 0 fully saturated rings. The summed E-state index contributed by atoms with van der Waals surface area (Å²) < 4.78 is 0.944. The molecule has 0 radical (unpaired) electrons. The molecule has 0 saturated carbocycles. The summed E-state index contributed by atoms with van der Waals surface area (Å²) in [6, 6.07) is 10.9. The van der Waals surface area contributed by atoms with Crippen LogP contribution in [0.4, 0.5) is 5.69 Å². The molecule has 1 aromatic carbocycles. The number of nitrogens with zero attached hydrogens (tertiary/aromatic N) is 1. The van der Waals surface area contributed by atoms with Crippen LogP contribution in [0.15, 0.2) is 46.0 Å². The Kier molecular flexibility index (Phi) is 5.64. The number of thiophene rings is 1. The third-order valence-corrected chi connectivity index (χ3v) is 4.45. The van der Waals surface area contributed by atoms with Gasteiger partial charge in [0.05, 0.1) is 10.6 Å². The van der Waals surface area contributed by atoms with E-state index >= 15 is 0 Å². The Morgan fingerprint density at radius 3 is 2.68 bits per heavy atom. The fourth-order valence-electron chi connectivity index (χ4n) is 1.56. The van der Waals surface area contributed by atoms with Crippen LogP contribution in [0.5, 0.6) is 0 Å². The lowest BCUT2D eigenvalue weighted by atomic mass is 10.3. The van der Waals surface area contributed by atoms with Crippen molar-refractivity contribution in [1.82, 2.24) is 5.43 Å². The van der Waals surface area contributed by atoms with E-state index in [9.17, 15) is 4.79 Å². The minimum Gasteiger partial charge on any atom is -0.477 e. The van der Waals surface area contributed by atoms with Crippen molar-refractivity contribution in [2.24, 2.45) is 5.10 Å². The smallest absolute Gasteiger partial charge is 0.345 e. The molecule has 5 nitrogen and oxygen atoms in total. The van der Waals surface area contributed by atoms with E-state index in [0.717, 1.165) is 15.0 Å². The quantitative estimate of drug-likeness (QED) is 0.414. The Morgan fingerprint density at radius 2 is 2.05 bits per heavy atom. The van der Waals surface area contributed by atoms with Crippen molar-refractivity contribution >= 4 is 62.0 Å². The van der Waals surface area contributed by atoms with Crippen LogP contribution in [0.2, 0.25) is 0 Å². The fourth-order valence-corrected chi connectivity index (χ4v) is 2.91. The SMILES string of the molecule is C/C(=N/NC(=S)Nc1cccc(Br)c1)c1ccc(C(=O)O)s1. The van der Waals surface area contributed by atoms with Crippen LogP contribution in [-0.4, -0.2) is 21.9 Å². The zero-order chi connectivity index (χ0) is 16.1. The molecule has 0 unspecified atom stereocenters. The van der Waals surface area contributed by atoms with Crippen LogP contribution in [-0.2, 0) is 0 Å². The third kappa shape index (κ3) is 4.62. The van der Waals surface area contributed by atoms with Gasteiger partial charge in [-0.3, -0.25) is 5.43 Å². The number of carboxylic acids is 1. The highest BCUT2D eigenvalue weighted by atomic mass is 79.9. The van der Waals surface area contributed by atoms with Gasteiger partial charge >= 0.3 is 5.97 Å². The van der Waals surface area contributed by atoms with Crippen molar-refractivity contribution < 1.29 is 9.90 Å². The summed E-state index contributed by atoms with van der Waals surface area (Å²) >= 11 is 9.71. The van der Waals surface area contributed by atoms with Gasteiger partial charge < -0.3 is 10.4 Å². The van der Waals surface area contributed by atoms with Gasteiger partial charge in [0.15, 0.2) is 5.11 Å². The maximum absolute atomic E-state index is 10.9. The highest BCUT2D eigenvalue weighted by Gasteiger charge is 2.08. The van der Waals surface area contributed by atoms with Crippen molar-refractivity contribution in [2.45, 2.75) is 6.92 Å². The van der Waals surface area contributed by atoms with Gasteiger partial charge in [-0.25, -0.2) is 4.79 Å². The Hall–Kier alpha value is -1.77. The maximum atomic E-state index is 10.9. The van der Waals surface area contributed by atoms with E-state index in [4.69, 9.17) is 17.3 Å². The van der Waals surface area contributed by atoms with Crippen LogP contribution in [0.25, 0.3) is 0 Å². The van der Waals surface area contributed by atoms with Crippen molar-refractivity contribution in [1.29, 1.82) is 0 Å². The van der Waals surface area contributed by atoms with Crippen LogP contribution in [0, 0.1) is 0 Å². The van der Waals surface area contributed by atoms with Gasteiger partial charge in [0, 0.05) is 10.2 Å². The standard InChI is InChI=1S/C14H12BrN3O2S2/c1-8(11-5-6-12(22-11)13(19)20)17-18-14(21)16-10-4-2-3-9(15)7-10/h2-7H,1H3,(H,19,20)(H2,16,18,21)/b17-8-. The lowest BCUT2D eigenvalue weighted by Crippen LogP contribution is -2.24. The predicted molar refractivity (Wildman–Crippen MR) is 97.0 cm³/mol. The second-order valence-electron chi connectivity index (χ2n) is 4.24. The molecule has 0 aliphatic carbocycles. The molecule has 0 aliphatic heterocycles. The normalized spacial score (nSPS) is 11.1. The van der Waals surface area contributed by atoms with E-state index in [1.807, 2.05) is 24.3 Å². The molecule has 0 aliphatic rings. The first-order valence-electron chi connectivity index (χ1n) is 6.16. The van der Waals surface area contributed by atoms with Gasteiger partial charge in [-0.05, 0) is 49.5 Å². The van der Waals surface area contributed by atoms with Crippen LogP contribution >= 0.6 is 39.5 Å². The summed E-state index contributed by atoms with van der Waals surface area (Å²) in [7, 11) is 0. The fraction of sp³-hybridized carbons (Fsp3) is 0.0714. The molecule has 114 valence electrons. The van der Waals surface area contributed by atoms with Gasteiger partial charge in [-0.2, -0.15) is 5.10 Å². The Bertz CT molecular complexity index is 743. The molecule has 8 heteroatoms.